The number of carbonyl (C=O) groups is 1. The number of aliphatic carboxylic acids is 1. The zero-order valence-corrected chi connectivity index (χ0v) is 20.8. The van der Waals surface area contributed by atoms with Gasteiger partial charge in [-0.05, 0) is 69.9 Å². The molecular formula is C27H26BrFN2O4. The summed E-state index contributed by atoms with van der Waals surface area (Å²) in [5.41, 5.74) is 3.60. The molecule has 0 saturated carbocycles. The van der Waals surface area contributed by atoms with Crippen molar-refractivity contribution < 1.29 is 23.8 Å². The Bertz CT molecular complexity index is 1310. The number of ether oxygens (including phenoxy) is 2. The number of aromatic nitrogens is 1. The number of aromatic amines is 1. The molecule has 0 bridgehead atoms. The molecule has 0 unspecified atom stereocenters. The van der Waals surface area contributed by atoms with E-state index in [1.807, 2.05) is 49.5 Å². The molecule has 0 amide bonds. The number of benzene rings is 3. The number of hydrogen-bond acceptors (Lipinski definition) is 4. The molecule has 0 spiro atoms. The van der Waals surface area contributed by atoms with E-state index in [-0.39, 0.29) is 12.4 Å². The second kappa shape index (κ2) is 11.4. The van der Waals surface area contributed by atoms with Gasteiger partial charge in [0.05, 0.1) is 11.1 Å². The van der Waals surface area contributed by atoms with Crippen molar-refractivity contribution in [1.82, 2.24) is 10.3 Å². The van der Waals surface area contributed by atoms with E-state index in [2.05, 4.69) is 26.2 Å². The molecule has 1 aromatic heterocycles. The average molecular weight is 541 g/mol. The molecule has 0 fully saturated rings. The van der Waals surface area contributed by atoms with Crippen LogP contribution in [0.4, 0.5) is 4.39 Å². The van der Waals surface area contributed by atoms with Gasteiger partial charge in [-0.15, -0.1) is 0 Å². The Morgan fingerprint density at radius 3 is 2.63 bits per heavy atom. The van der Waals surface area contributed by atoms with Gasteiger partial charge >= 0.3 is 5.97 Å². The maximum absolute atomic E-state index is 13.2. The summed E-state index contributed by atoms with van der Waals surface area (Å²) in [6, 6.07) is 16.9. The molecule has 0 aliphatic carbocycles. The Morgan fingerprint density at radius 1 is 1.11 bits per heavy atom. The van der Waals surface area contributed by atoms with Gasteiger partial charge in [-0.2, -0.15) is 0 Å². The van der Waals surface area contributed by atoms with Crippen molar-refractivity contribution in [3.05, 3.63) is 93.8 Å². The van der Waals surface area contributed by atoms with Crippen molar-refractivity contribution in [2.75, 3.05) is 6.61 Å². The molecule has 8 heteroatoms. The van der Waals surface area contributed by atoms with Gasteiger partial charge in [-0.3, -0.25) is 4.79 Å². The number of halogens is 2. The minimum Gasteiger partial charge on any atom is -0.490 e. The van der Waals surface area contributed by atoms with E-state index in [0.717, 1.165) is 27.6 Å². The predicted octanol–water partition coefficient (Wildman–Crippen LogP) is 5.83. The number of rotatable bonds is 11. The predicted molar refractivity (Wildman–Crippen MR) is 136 cm³/mol. The van der Waals surface area contributed by atoms with Crippen LogP contribution in [-0.4, -0.2) is 28.7 Å². The highest BCUT2D eigenvalue weighted by atomic mass is 79.9. The van der Waals surface area contributed by atoms with Crippen LogP contribution >= 0.6 is 15.9 Å². The molecule has 0 aliphatic heterocycles. The fraction of sp³-hybridized carbons (Fsp3) is 0.222. The zero-order valence-electron chi connectivity index (χ0n) is 19.2. The number of fused-ring (bicyclic) bond motifs is 1. The first-order valence-electron chi connectivity index (χ1n) is 11.3. The topological polar surface area (TPSA) is 83.6 Å². The van der Waals surface area contributed by atoms with Crippen molar-refractivity contribution in [2.24, 2.45) is 0 Å². The fourth-order valence-corrected chi connectivity index (χ4v) is 4.47. The van der Waals surface area contributed by atoms with Crippen LogP contribution in [-0.2, 0) is 24.4 Å². The van der Waals surface area contributed by atoms with Gasteiger partial charge in [-0.1, -0.05) is 30.3 Å². The Balaban J connectivity index is 1.47. The van der Waals surface area contributed by atoms with Crippen LogP contribution in [0.15, 0.2) is 71.3 Å². The highest BCUT2D eigenvalue weighted by molar-refractivity contribution is 9.10. The van der Waals surface area contributed by atoms with Crippen LogP contribution < -0.4 is 14.8 Å². The van der Waals surface area contributed by atoms with Crippen molar-refractivity contribution in [2.45, 2.75) is 32.5 Å². The van der Waals surface area contributed by atoms with Crippen LogP contribution in [0, 0.1) is 5.82 Å². The quantitative estimate of drug-likeness (QED) is 0.223. The summed E-state index contributed by atoms with van der Waals surface area (Å²) in [4.78, 5) is 15.2. The highest BCUT2D eigenvalue weighted by Crippen LogP contribution is 2.37. The van der Waals surface area contributed by atoms with Gasteiger partial charge in [0, 0.05) is 30.1 Å². The van der Waals surface area contributed by atoms with E-state index in [0.29, 0.717) is 35.5 Å². The van der Waals surface area contributed by atoms with Crippen LogP contribution in [0.5, 0.6) is 11.5 Å². The lowest BCUT2D eigenvalue weighted by atomic mass is 10.0. The summed E-state index contributed by atoms with van der Waals surface area (Å²) >= 11 is 3.55. The normalized spacial score (nSPS) is 12.0. The van der Waals surface area contributed by atoms with Crippen LogP contribution in [0.3, 0.4) is 0 Å². The molecule has 0 saturated heterocycles. The molecule has 4 aromatic rings. The summed E-state index contributed by atoms with van der Waals surface area (Å²) in [5.74, 6) is -0.137. The third kappa shape index (κ3) is 6.21. The van der Waals surface area contributed by atoms with Crippen molar-refractivity contribution in [3.8, 4) is 11.5 Å². The summed E-state index contributed by atoms with van der Waals surface area (Å²) in [6.45, 7) is 2.90. The largest absolute Gasteiger partial charge is 0.490 e. The van der Waals surface area contributed by atoms with Crippen molar-refractivity contribution in [1.29, 1.82) is 0 Å². The molecule has 35 heavy (non-hydrogen) atoms. The van der Waals surface area contributed by atoms with E-state index in [4.69, 9.17) is 9.47 Å². The molecule has 1 heterocycles. The Labute approximate surface area is 211 Å². The standard InChI is InChI=1S/C27H26BrFN2O4/c1-2-34-25-12-18(11-22(28)26(25)35-16-17-7-9-20(29)10-8-17)14-30-24(27(32)33)13-19-15-31-23-6-4-3-5-21(19)23/h3-12,15,24,30-31H,2,13-14,16H2,1H3,(H,32,33)/t24-/m1/s1. The second-order valence-electron chi connectivity index (χ2n) is 8.09. The summed E-state index contributed by atoms with van der Waals surface area (Å²) in [5, 5.41) is 14.0. The minimum absolute atomic E-state index is 0.252. The molecule has 6 nitrogen and oxygen atoms in total. The number of H-pyrrole nitrogens is 1. The third-order valence-electron chi connectivity index (χ3n) is 5.62. The van der Waals surface area contributed by atoms with Gasteiger partial charge in [0.15, 0.2) is 11.5 Å². The van der Waals surface area contributed by atoms with Crippen molar-refractivity contribution in [3.63, 3.8) is 0 Å². The van der Waals surface area contributed by atoms with Crippen LogP contribution in [0.25, 0.3) is 10.9 Å². The van der Waals surface area contributed by atoms with Gasteiger partial charge in [0.1, 0.15) is 18.5 Å². The molecular weight excluding hydrogens is 515 g/mol. The first kappa shape index (κ1) is 24.8. The Hall–Kier alpha value is -3.36. The summed E-state index contributed by atoms with van der Waals surface area (Å²) in [7, 11) is 0. The number of nitrogens with one attached hydrogen (secondary N) is 2. The Kier molecular flexibility index (Phi) is 8.05. The number of para-hydroxylation sites is 1. The SMILES string of the molecule is CCOc1cc(CN[C@H](Cc2c[nH]c3ccccc23)C(=O)O)cc(Br)c1OCc1ccc(F)cc1. The molecule has 0 aliphatic rings. The highest BCUT2D eigenvalue weighted by Gasteiger charge is 2.20. The first-order valence-corrected chi connectivity index (χ1v) is 12.1. The maximum Gasteiger partial charge on any atom is 0.321 e. The van der Waals surface area contributed by atoms with E-state index in [9.17, 15) is 14.3 Å². The van der Waals surface area contributed by atoms with E-state index < -0.39 is 12.0 Å². The minimum atomic E-state index is -0.918. The molecule has 3 N–H and O–H groups in total. The molecule has 4 rings (SSSR count). The van der Waals surface area contributed by atoms with E-state index in [1.54, 1.807) is 12.1 Å². The van der Waals surface area contributed by atoms with Gasteiger partial charge in [0.25, 0.3) is 0 Å². The number of hydrogen-bond donors (Lipinski definition) is 3. The smallest absolute Gasteiger partial charge is 0.321 e. The van der Waals surface area contributed by atoms with E-state index >= 15 is 0 Å². The van der Waals surface area contributed by atoms with Crippen molar-refractivity contribution >= 4 is 32.8 Å². The fourth-order valence-electron chi connectivity index (χ4n) is 3.87. The van der Waals surface area contributed by atoms with Crippen LogP contribution in [0.1, 0.15) is 23.6 Å². The second-order valence-corrected chi connectivity index (χ2v) is 8.94. The molecule has 182 valence electrons. The average Bonchev–Trinajstić information content (AvgIpc) is 3.25. The number of carboxylic acids is 1. The zero-order chi connectivity index (χ0) is 24.8. The van der Waals surface area contributed by atoms with Gasteiger partial charge in [0.2, 0.25) is 0 Å². The van der Waals surface area contributed by atoms with Crippen LogP contribution in [0.2, 0.25) is 0 Å². The monoisotopic (exact) mass is 540 g/mol. The molecule has 1 atom stereocenters. The molecule has 0 radical (unpaired) electrons. The third-order valence-corrected chi connectivity index (χ3v) is 6.20. The first-order chi connectivity index (χ1) is 16.9. The maximum atomic E-state index is 13.2. The molecule has 3 aromatic carbocycles. The van der Waals surface area contributed by atoms with Gasteiger partial charge in [-0.25, -0.2) is 4.39 Å². The lowest BCUT2D eigenvalue weighted by Crippen LogP contribution is -2.38. The van der Waals surface area contributed by atoms with E-state index in [1.165, 1.54) is 12.1 Å². The lowest BCUT2D eigenvalue weighted by Gasteiger charge is -2.18. The number of carboxylic acid groups (broad SMARTS) is 1. The Morgan fingerprint density at radius 2 is 1.89 bits per heavy atom. The van der Waals surface area contributed by atoms with Gasteiger partial charge < -0.3 is 24.9 Å². The summed E-state index contributed by atoms with van der Waals surface area (Å²) < 4.78 is 25.6. The lowest BCUT2D eigenvalue weighted by molar-refractivity contribution is -0.139. The summed E-state index contributed by atoms with van der Waals surface area (Å²) in [6.07, 6.45) is 2.21.